The number of rotatable bonds is 9. The Balaban J connectivity index is 1.47. The summed E-state index contributed by atoms with van der Waals surface area (Å²) in [4.78, 5) is 28.3. The van der Waals surface area contributed by atoms with Gasteiger partial charge in [0.15, 0.2) is 10.4 Å². The summed E-state index contributed by atoms with van der Waals surface area (Å²) in [5.41, 5.74) is 3.78. The van der Waals surface area contributed by atoms with Gasteiger partial charge in [-0.3, -0.25) is 14.9 Å². The van der Waals surface area contributed by atoms with E-state index >= 15 is 0 Å². The molecule has 0 radical (unpaired) electrons. The lowest BCUT2D eigenvalue weighted by molar-refractivity contribution is -0.387. The lowest BCUT2D eigenvalue weighted by atomic mass is 10.1. The summed E-state index contributed by atoms with van der Waals surface area (Å²) >= 11 is 2.63. The maximum Gasteiger partial charge on any atom is 0.283 e. The number of thiazole rings is 1. The Morgan fingerprint density at radius 3 is 2.80 bits per heavy atom. The van der Waals surface area contributed by atoms with E-state index in [4.69, 9.17) is 4.74 Å². The summed E-state index contributed by atoms with van der Waals surface area (Å²) in [6.45, 7) is 2.47. The number of ether oxygens (including phenoxy) is 1. The number of aromatic nitrogens is 1. The topological polar surface area (TPSA) is 127 Å². The Bertz CT molecular complexity index is 1390. The molecule has 0 saturated carbocycles. The number of hydrogen-bond acceptors (Lipinski definition) is 9. The van der Waals surface area contributed by atoms with Crippen molar-refractivity contribution in [3.05, 3.63) is 88.0 Å². The van der Waals surface area contributed by atoms with Gasteiger partial charge in [-0.15, -0.1) is 11.3 Å². The van der Waals surface area contributed by atoms with Crippen LogP contribution >= 0.6 is 23.1 Å². The molecule has 4 rings (SSSR count). The molecule has 4 aromatic rings. The van der Waals surface area contributed by atoms with Gasteiger partial charge >= 0.3 is 0 Å². The van der Waals surface area contributed by atoms with Gasteiger partial charge in [0.05, 0.1) is 32.9 Å². The summed E-state index contributed by atoms with van der Waals surface area (Å²) in [5.74, 6) is 0.0376. The number of nitro benzene ring substituents is 1. The number of aliphatic hydroxyl groups is 1. The van der Waals surface area contributed by atoms with Crippen LogP contribution in [0.25, 0.3) is 10.2 Å². The molecule has 2 N–H and O–H groups in total. The molecule has 0 spiro atoms. The lowest BCUT2D eigenvalue weighted by Crippen LogP contribution is -2.25. The van der Waals surface area contributed by atoms with Gasteiger partial charge in [0.2, 0.25) is 0 Å². The summed E-state index contributed by atoms with van der Waals surface area (Å²) in [7, 11) is 0. The fourth-order valence-electron chi connectivity index (χ4n) is 3.14. The number of nitrogens with one attached hydrogen (secondary N) is 1. The van der Waals surface area contributed by atoms with E-state index in [1.807, 2.05) is 25.1 Å². The first-order chi connectivity index (χ1) is 16.9. The second-order valence-corrected chi connectivity index (χ2v) is 9.50. The normalized spacial score (nSPS) is 12.1. The number of aliphatic hydroxyl groups excluding tert-OH is 1. The predicted molar refractivity (Wildman–Crippen MR) is 135 cm³/mol. The molecule has 1 amide bonds. The zero-order valence-electron chi connectivity index (χ0n) is 18.5. The van der Waals surface area contributed by atoms with Gasteiger partial charge in [0, 0.05) is 11.6 Å². The third-order valence-corrected chi connectivity index (χ3v) is 6.92. The zero-order valence-corrected chi connectivity index (χ0v) is 20.1. The van der Waals surface area contributed by atoms with Crippen molar-refractivity contribution in [3.8, 4) is 5.75 Å². The average Bonchev–Trinajstić information content (AvgIpc) is 3.26. The fourth-order valence-corrected chi connectivity index (χ4v) is 5.28. The van der Waals surface area contributed by atoms with Gasteiger partial charge < -0.3 is 9.84 Å². The molecule has 0 aliphatic carbocycles. The van der Waals surface area contributed by atoms with Gasteiger partial charge in [-0.2, -0.15) is 5.10 Å². The molecule has 0 aliphatic heterocycles. The molecule has 1 heterocycles. The molecule has 1 atom stereocenters. The number of benzene rings is 3. The Kier molecular flexibility index (Phi) is 7.70. The average molecular weight is 509 g/mol. The highest BCUT2D eigenvalue weighted by atomic mass is 32.2. The summed E-state index contributed by atoms with van der Waals surface area (Å²) in [6.07, 6.45) is -0.0934. The van der Waals surface area contributed by atoms with E-state index in [2.05, 4.69) is 15.5 Å². The minimum Gasteiger partial charge on any atom is -0.494 e. The number of nitro groups is 1. The van der Waals surface area contributed by atoms with Gasteiger partial charge in [0.1, 0.15) is 5.75 Å². The molecule has 0 unspecified atom stereocenters. The zero-order chi connectivity index (χ0) is 24.8. The Hall–Kier alpha value is -3.80. The summed E-state index contributed by atoms with van der Waals surface area (Å²) < 4.78 is 7.11. The number of hydrogen-bond donors (Lipinski definition) is 2. The molecule has 0 saturated heterocycles. The largest absolute Gasteiger partial charge is 0.494 e. The Morgan fingerprint density at radius 2 is 2.06 bits per heavy atom. The molecule has 0 bridgehead atoms. The van der Waals surface area contributed by atoms with Crippen LogP contribution in [0.5, 0.6) is 5.75 Å². The molecule has 3 aromatic carbocycles. The van der Waals surface area contributed by atoms with Crippen LogP contribution in [0.4, 0.5) is 5.69 Å². The smallest absolute Gasteiger partial charge is 0.283 e. The standard InChI is InChI=1S/C24H20N4O5S2/c1-2-33-17-9-10-18-21(13-17)35-24(26-18)34-20-11-8-15(12-19(20)28(31)32)14-25-27-23(30)22(29)16-6-4-3-5-7-16/h3-14,22,29H,2H2,1H3,(H,27,30)/b25-14-/t22-/m1/s1. The van der Waals surface area contributed by atoms with E-state index in [1.165, 1.54) is 35.4 Å². The van der Waals surface area contributed by atoms with Crippen LogP contribution in [0.15, 0.2) is 81.1 Å². The molecule has 178 valence electrons. The van der Waals surface area contributed by atoms with Gasteiger partial charge in [-0.1, -0.05) is 48.2 Å². The van der Waals surface area contributed by atoms with E-state index in [9.17, 15) is 20.0 Å². The van der Waals surface area contributed by atoms with Crippen molar-refractivity contribution >= 4 is 51.1 Å². The number of carbonyl (C=O) groups excluding carboxylic acids is 1. The second kappa shape index (κ2) is 11.1. The molecule has 1 aromatic heterocycles. The molecule has 0 fully saturated rings. The van der Waals surface area contributed by atoms with E-state index in [0.717, 1.165) is 16.0 Å². The SMILES string of the molecule is CCOc1ccc2nc(Sc3ccc(/C=N\NC(=O)[C@H](O)c4ccccc4)cc3[N+](=O)[O-])sc2c1. The molecule has 9 nitrogen and oxygen atoms in total. The number of hydrazone groups is 1. The van der Waals surface area contributed by atoms with Gasteiger partial charge in [-0.05, 0) is 36.8 Å². The molecule has 35 heavy (non-hydrogen) atoms. The lowest BCUT2D eigenvalue weighted by Gasteiger charge is -2.08. The van der Waals surface area contributed by atoms with Crippen molar-refractivity contribution < 1.29 is 19.6 Å². The second-order valence-electron chi connectivity index (χ2n) is 7.18. The first-order valence-electron chi connectivity index (χ1n) is 10.5. The number of carbonyl (C=O) groups is 1. The van der Waals surface area contributed by atoms with Crippen LogP contribution in [0.3, 0.4) is 0 Å². The molecule has 11 heteroatoms. The molecule has 0 aliphatic rings. The van der Waals surface area contributed by atoms with Crippen LogP contribution in [0, 0.1) is 10.1 Å². The van der Waals surface area contributed by atoms with Crippen molar-refractivity contribution in [1.29, 1.82) is 0 Å². The minimum atomic E-state index is -1.38. The number of fused-ring (bicyclic) bond motifs is 1. The van der Waals surface area contributed by atoms with Crippen molar-refractivity contribution in [2.45, 2.75) is 22.3 Å². The first kappa shape index (κ1) is 24.3. The third kappa shape index (κ3) is 6.01. The van der Waals surface area contributed by atoms with Crippen LogP contribution in [0.1, 0.15) is 24.2 Å². The molecular formula is C24H20N4O5S2. The fraction of sp³-hybridized carbons (Fsp3) is 0.125. The van der Waals surface area contributed by atoms with Crippen LogP contribution in [-0.2, 0) is 4.79 Å². The van der Waals surface area contributed by atoms with E-state index in [1.54, 1.807) is 42.5 Å². The van der Waals surface area contributed by atoms with Crippen LogP contribution in [0.2, 0.25) is 0 Å². The van der Waals surface area contributed by atoms with Crippen LogP contribution in [-0.4, -0.2) is 33.7 Å². The Labute approximate surface area is 208 Å². The maximum atomic E-state index is 12.1. The van der Waals surface area contributed by atoms with Crippen molar-refractivity contribution in [2.75, 3.05) is 6.61 Å². The Morgan fingerprint density at radius 1 is 1.26 bits per heavy atom. The van der Waals surface area contributed by atoms with Crippen molar-refractivity contribution in [3.63, 3.8) is 0 Å². The molecular weight excluding hydrogens is 488 g/mol. The first-order valence-corrected chi connectivity index (χ1v) is 12.1. The third-order valence-electron chi connectivity index (χ3n) is 4.78. The van der Waals surface area contributed by atoms with E-state index in [0.29, 0.717) is 27.0 Å². The predicted octanol–water partition coefficient (Wildman–Crippen LogP) is 4.94. The monoisotopic (exact) mass is 508 g/mol. The van der Waals surface area contributed by atoms with Crippen molar-refractivity contribution in [1.82, 2.24) is 10.4 Å². The summed E-state index contributed by atoms with van der Waals surface area (Å²) in [6, 6.07) is 18.7. The number of nitrogens with zero attached hydrogens (tertiary/aromatic N) is 3. The maximum absolute atomic E-state index is 12.1. The van der Waals surface area contributed by atoms with Crippen molar-refractivity contribution in [2.24, 2.45) is 5.10 Å². The quantitative estimate of drug-likeness (QED) is 0.186. The number of amides is 1. The van der Waals surface area contributed by atoms with Gasteiger partial charge in [-0.25, -0.2) is 10.4 Å². The van der Waals surface area contributed by atoms with E-state index < -0.39 is 16.9 Å². The summed E-state index contributed by atoms with van der Waals surface area (Å²) in [5, 5.41) is 25.6. The van der Waals surface area contributed by atoms with Crippen LogP contribution < -0.4 is 10.2 Å². The minimum absolute atomic E-state index is 0.108. The highest BCUT2D eigenvalue weighted by Crippen LogP contribution is 2.39. The highest BCUT2D eigenvalue weighted by Gasteiger charge is 2.18. The van der Waals surface area contributed by atoms with Gasteiger partial charge in [0.25, 0.3) is 11.6 Å². The highest BCUT2D eigenvalue weighted by molar-refractivity contribution is 8.01. The van der Waals surface area contributed by atoms with E-state index in [-0.39, 0.29) is 5.69 Å².